The van der Waals surface area contributed by atoms with Gasteiger partial charge in [0.2, 0.25) is 5.43 Å². The molecule has 2 N–H and O–H groups in total. The third-order valence-electron chi connectivity index (χ3n) is 5.22. The average Bonchev–Trinajstić information content (AvgIpc) is 2.72. The predicted molar refractivity (Wildman–Crippen MR) is 115 cm³/mol. The Kier molecular flexibility index (Phi) is 6.70. The van der Waals surface area contributed by atoms with Gasteiger partial charge in [0.15, 0.2) is 0 Å². The van der Waals surface area contributed by atoms with Crippen LogP contribution in [0, 0.1) is 0 Å². The van der Waals surface area contributed by atoms with E-state index in [2.05, 4.69) is 15.6 Å². The van der Waals surface area contributed by atoms with Crippen LogP contribution in [-0.2, 0) is 6.54 Å². The van der Waals surface area contributed by atoms with Crippen LogP contribution < -0.4 is 16.1 Å². The van der Waals surface area contributed by atoms with Gasteiger partial charge < -0.3 is 15.2 Å². The number of nitrogens with one attached hydrogen (secondary N) is 2. The molecule has 0 atom stereocenters. The van der Waals surface area contributed by atoms with Gasteiger partial charge in [0.1, 0.15) is 11.1 Å². The maximum absolute atomic E-state index is 13.0. The number of rotatable bonds is 5. The van der Waals surface area contributed by atoms with Crippen molar-refractivity contribution in [3.63, 3.8) is 0 Å². The van der Waals surface area contributed by atoms with Crippen LogP contribution in [0.2, 0.25) is 0 Å². The fourth-order valence-electron chi connectivity index (χ4n) is 3.70. The number of hydrogen-bond donors (Lipinski definition) is 2. The SMILES string of the molecule is CC(C)(C)NC(=O)c1cn(C2CCCCC2)cc(C(=O)NCc2ccncc2)c1=O. The van der Waals surface area contributed by atoms with E-state index in [9.17, 15) is 14.4 Å². The Hall–Kier alpha value is -2.96. The smallest absolute Gasteiger partial charge is 0.257 e. The molecule has 0 spiro atoms. The molecule has 160 valence electrons. The highest BCUT2D eigenvalue weighted by atomic mass is 16.2. The van der Waals surface area contributed by atoms with Crippen LogP contribution in [0.5, 0.6) is 0 Å². The molecule has 1 aliphatic carbocycles. The fourth-order valence-corrected chi connectivity index (χ4v) is 3.70. The number of amides is 2. The summed E-state index contributed by atoms with van der Waals surface area (Å²) in [4.78, 5) is 42.7. The summed E-state index contributed by atoms with van der Waals surface area (Å²) in [6.07, 6.45) is 11.8. The molecular formula is C23H30N4O3. The van der Waals surface area contributed by atoms with Crippen molar-refractivity contribution in [2.45, 2.75) is 71.0 Å². The lowest BCUT2D eigenvalue weighted by atomic mass is 9.95. The van der Waals surface area contributed by atoms with Crippen LogP contribution in [-0.4, -0.2) is 26.9 Å². The lowest BCUT2D eigenvalue weighted by molar-refractivity contribution is 0.0917. The van der Waals surface area contributed by atoms with Gasteiger partial charge in [-0.2, -0.15) is 0 Å². The number of pyridine rings is 2. The average molecular weight is 411 g/mol. The summed E-state index contributed by atoms with van der Waals surface area (Å²) in [5.74, 6) is -0.937. The Balaban J connectivity index is 1.93. The molecule has 1 saturated carbocycles. The van der Waals surface area contributed by atoms with E-state index < -0.39 is 22.8 Å². The molecule has 0 unspecified atom stereocenters. The van der Waals surface area contributed by atoms with Gasteiger partial charge in [-0.3, -0.25) is 19.4 Å². The molecular weight excluding hydrogens is 380 g/mol. The van der Waals surface area contributed by atoms with Gasteiger partial charge in [-0.05, 0) is 51.3 Å². The van der Waals surface area contributed by atoms with Crippen molar-refractivity contribution in [2.24, 2.45) is 0 Å². The number of hydrogen-bond acceptors (Lipinski definition) is 4. The van der Waals surface area contributed by atoms with Crippen molar-refractivity contribution in [3.8, 4) is 0 Å². The summed E-state index contributed by atoms with van der Waals surface area (Å²) in [6, 6.07) is 3.79. The Bertz CT molecular complexity index is 955. The zero-order valence-electron chi connectivity index (χ0n) is 17.9. The first-order valence-electron chi connectivity index (χ1n) is 10.5. The zero-order valence-corrected chi connectivity index (χ0v) is 17.9. The van der Waals surface area contributed by atoms with Gasteiger partial charge in [0, 0.05) is 42.9 Å². The quantitative estimate of drug-likeness (QED) is 0.792. The molecule has 2 aromatic rings. The second kappa shape index (κ2) is 9.24. The fraction of sp³-hybridized carbons (Fsp3) is 0.478. The molecule has 2 heterocycles. The summed E-state index contributed by atoms with van der Waals surface area (Å²) < 4.78 is 1.89. The monoisotopic (exact) mass is 410 g/mol. The minimum atomic E-state index is -0.545. The van der Waals surface area contributed by atoms with Crippen molar-refractivity contribution in [2.75, 3.05) is 0 Å². The van der Waals surface area contributed by atoms with Gasteiger partial charge in [0.05, 0.1) is 0 Å². The lowest BCUT2D eigenvalue weighted by Crippen LogP contribution is -2.43. The van der Waals surface area contributed by atoms with Gasteiger partial charge >= 0.3 is 0 Å². The van der Waals surface area contributed by atoms with Crippen molar-refractivity contribution in [3.05, 3.63) is 63.8 Å². The first kappa shape index (κ1) is 21.7. The Morgan fingerprint density at radius 2 is 1.63 bits per heavy atom. The van der Waals surface area contributed by atoms with E-state index in [4.69, 9.17) is 0 Å². The molecule has 0 saturated heterocycles. The molecule has 2 aromatic heterocycles. The Morgan fingerprint density at radius 1 is 1.03 bits per heavy atom. The molecule has 0 aromatic carbocycles. The van der Waals surface area contributed by atoms with Gasteiger partial charge in [-0.25, -0.2) is 0 Å². The third-order valence-corrected chi connectivity index (χ3v) is 5.22. The van der Waals surface area contributed by atoms with Crippen LogP contribution in [0.25, 0.3) is 0 Å². The molecule has 3 rings (SSSR count). The second-order valence-corrected chi connectivity index (χ2v) is 8.90. The topological polar surface area (TPSA) is 93.1 Å². The molecule has 1 fully saturated rings. The van der Waals surface area contributed by atoms with Gasteiger partial charge in [-0.15, -0.1) is 0 Å². The number of carbonyl (C=O) groups excluding carboxylic acids is 2. The highest BCUT2D eigenvalue weighted by Gasteiger charge is 2.24. The van der Waals surface area contributed by atoms with Crippen molar-refractivity contribution in [1.82, 2.24) is 20.2 Å². The van der Waals surface area contributed by atoms with E-state index >= 15 is 0 Å². The minimum Gasteiger partial charge on any atom is -0.349 e. The molecule has 0 radical (unpaired) electrons. The van der Waals surface area contributed by atoms with Crippen molar-refractivity contribution < 1.29 is 9.59 Å². The van der Waals surface area contributed by atoms with Gasteiger partial charge in [-0.1, -0.05) is 19.3 Å². The number of carbonyl (C=O) groups is 2. The van der Waals surface area contributed by atoms with Crippen LogP contribution in [0.3, 0.4) is 0 Å². The summed E-state index contributed by atoms with van der Waals surface area (Å²) in [7, 11) is 0. The number of nitrogens with zero attached hydrogens (tertiary/aromatic N) is 2. The van der Waals surface area contributed by atoms with Crippen LogP contribution in [0.15, 0.2) is 41.7 Å². The molecule has 7 nitrogen and oxygen atoms in total. The summed E-state index contributed by atoms with van der Waals surface area (Å²) in [5, 5.41) is 5.63. The molecule has 30 heavy (non-hydrogen) atoms. The van der Waals surface area contributed by atoms with Crippen molar-refractivity contribution in [1.29, 1.82) is 0 Å². The standard InChI is InChI=1S/C23H30N4O3/c1-23(2,3)26-22(30)19-15-27(17-7-5-4-6-8-17)14-18(20(19)28)21(29)25-13-16-9-11-24-12-10-16/h9-12,14-15,17H,4-8,13H2,1-3H3,(H,25,29)(H,26,30). The van der Waals surface area contributed by atoms with Gasteiger partial charge in [0.25, 0.3) is 11.8 Å². The Labute approximate surface area is 176 Å². The van der Waals surface area contributed by atoms with E-state index in [1.807, 2.05) is 25.3 Å². The van der Waals surface area contributed by atoms with Crippen LogP contribution in [0.1, 0.15) is 85.2 Å². The largest absolute Gasteiger partial charge is 0.349 e. The number of aromatic nitrogens is 2. The zero-order chi connectivity index (χ0) is 21.7. The Morgan fingerprint density at radius 3 is 2.23 bits per heavy atom. The summed E-state index contributed by atoms with van der Waals surface area (Å²) in [5.41, 5.74) is -0.148. The predicted octanol–water partition coefficient (Wildman–Crippen LogP) is 3.21. The van der Waals surface area contributed by atoms with Crippen molar-refractivity contribution >= 4 is 11.8 Å². The van der Waals surface area contributed by atoms with E-state index in [1.54, 1.807) is 36.9 Å². The highest BCUT2D eigenvalue weighted by molar-refractivity contribution is 5.99. The molecule has 0 aliphatic heterocycles. The maximum atomic E-state index is 13.0. The first-order chi connectivity index (χ1) is 14.2. The highest BCUT2D eigenvalue weighted by Crippen LogP contribution is 2.28. The maximum Gasteiger partial charge on any atom is 0.257 e. The van der Waals surface area contributed by atoms with E-state index in [-0.39, 0.29) is 23.7 Å². The van der Waals surface area contributed by atoms with Crippen LogP contribution >= 0.6 is 0 Å². The summed E-state index contributed by atoms with van der Waals surface area (Å²) in [6.45, 7) is 5.85. The summed E-state index contributed by atoms with van der Waals surface area (Å²) >= 11 is 0. The first-order valence-corrected chi connectivity index (χ1v) is 10.5. The van der Waals surface area contributed by atoms with E-state index in [1.165, 1.54) is 6.42 Å². The second-order valence-electron chi connectivity index (χ2n) is 8.90. The van der Waals surface area contributed by atoms with E-state index in [0.717, 1.165) is 31.2 Å². The van der Waals surface area contributed by atoms with E-state index in [0.29, 0.717) is 0 Å². The third kappa shape index (κ3) is 5.55. The lowest BCUT2D eigenvalue weighted by Gasteiger charge is -2.26. The molecule has 0 bridgehead atoms. The molecule has 1 aliphatic rings. The normalized spacial score (nSPS) is 14.9. The molecule has 2 amide bonds. The molecule has 7 heteroatoms. The van der Waals surface area contributed by atoms with Crippen LogP contribution in [0.4, 0.5) is 0 Å². The minimum absolute atomic E-state index is 0.00353.